The minimum absolute atomic E-state index is 0. The molecule has 13 nitrogen and oxygen atoms in total. The fourth-order valence-electron chi connectivity index (χ4n) is 9.64. The summed E-state index contributed by atoms with van der Waals surface area (Å²) >= 11 is 2.74. The van der Waals surface area contributed by atoms with Crippen LogP contribution in [0.15, 0.2) is 120 Å². The quantitative estimate of drug-likeness (QED) is 0.0201. The fraction of sp³-hybridized carbons (Fsp3) is 0.418. The Bertz CT molecular complexity index is 2530. The third kappa shape index (κ3) is 14.1. The number of phenols is 2. The number of carbonyl (C=O) groups excluding carboxylic acids is 1. The Morgan fingerprint density at radius 1 is 0.803 bits per heavy atom. The summed E-state index contributed by atoms with van der Waals surface area (Å²) in [4.78, 5) is 25.0. The van der Waals surface area contributed by atoms with Gasteiger partial charge in [-0.2, -0.15) is 0 Å². The number of piperidine rings is 1. The second kappa shape index (κ2) is 26.3. The molecule has 0 saturated carbocycles. The Morgan fingerprint density at radius 2 is 1.44 bits per heavy atom. The monoisotopic (exact) mass is 1070 g/mol. The summed E-state index contributed by atoms with van der Waals surface area (Å²) in [5.74, 6) is -1.80. The number of likely N-dealkylation sites (N-methyl/N-ethyl adjacent to an activating group) is 1. The van der Waals surface area contributed by atoms with Crippen molar-refractivity contribution in [1.82, 2.24) is 5.32 Å². The summed E-state index contributed by atoms with van der Waals surface area (Å²) in [5.41, 5.74) is 0.748. The number of thiophene rings is 2. The molecule has 0 aliphatic carbocycles. The van der Waals surface area contributed by atoms with Gasteiger partial charge >= 0.3 is 11.9 Å². The molecule has 2 aromatic heterocycles. The zero-order chi connectivity index (χ0) is 49.7. The van der Waals surface area contributed by atoms with Gasteiger partial charge in [-0.05, 0) is 96.3 Å². The molecule has 3 fully saturated rings. The van der Waals surface area contributed by atoms with E-state index in [0.717, 1.165) is 81.0 Å². The van der Waals surface area contributed by atoms with Gasteiger partial charge in [0.25, 0.3) is 0 Å². The number of hydrogen-bond donors (Lipinski definition) is 7. The van der Waals surface area contributed by atoms with Gasteiger partial charge in [0.05, 0.1) is 36.6 Å². The van der Waals surface area contributed by atoms with Crippen LogP contribution in [0.5, 0.6) is 11.5 Å². The van der Waals surface area contributed by atoms with Crippen LogP contribution in [-0.2, 0) is 37.6 Å². The molecular formula is C55H67BrN2O11S2. The Labute approximate surface area is 434 Å². The van der Waals surface area contributed by atoms with Crippen molar-refractivity contribution in [2.75, 3.05) is 40.4 Å². The lowest BCUT2D eigenvalue weighted by atomic mass is 9.95. The maximum Gasteiger partial charge on any atom is 0.349 e. The number of esters is 1. The highest BCUT2D eigenvalue weighted by Gasteiger charge is 2.71. The number of nitrogens with zero attached hydrogens (tertiary/aromatic N) is 1. The number of aliphatic hydroxyl groups is 3. The molecule has 6 atom stereocenters. The van der Waals surface area contributed by atoms with Crippen LogP contribution in [0.4, 0.5) is 0 Å². The fourth-order valence-corrected chi connectivity index (χ4v) is 11.4. The lowest BCUT2D eigenvalue weighted by molar-refractivity contribution is -0.938. The first kappa shape index (κ1) is 55.6. The van der Waals surface area contributed by atoms with Crippen LogP contribution in [0.1, 0.15) is 94.3 Å². The van der Waals surface area contributed by atoms with Crippen LogP contribution >= 0.6 is 22.7 Å². The van der Waals surface area contributed by atoms with Gasteiger partial charge in [0.1, 0.15) is 47.5 Å². The normalized spacial score (nSPS) is 19.8. The molecule has 71 heavy (non-hydrogen) atoms. The van der Waals surface area contributed by atoms with Crippen molar-refractivity contribution < 1.29 is 75.9 Å². The SMILES string of the molecule is C[N+]1(C)[C@@H]2CC(OC(=O)C(O)(c3cccs3)c3cccs3)C[C@H]1[C@@H]1O[C@@H]12.O=C(O)c1ccc2ccccc2c1O.OCc1cc(C(O)CNCCCCCCOCCCCc2ccccc2)ccc1O.[Br-]. The van der Waals surface area contributed by atoms with Crippen LogP contribution < -0.4 is 22.3 Å². The van der Waals surface area contributed by atoms with E-state index < -0.39 is 23.6 Å². The van der Waals surface area contributed by atoms with Crippen molar-refractivity contribution in [2.45, 2.75) is 106 Å². The van der Waals surface area contributed by atoms with Gasteiger partial charge < -0.3 is 71.6 Å². The molecule has 16 heteroatoms. The van der Waals surface area contributed by atoms with E-state index in [1.807, 2.05) is 35.0 Å². The van der Waals surface area contributed by atoms with E-state index in [0.29, 0.717) is 57.1 Å². The number of nitrogens with one attached hydrogen (secondary N) is 1. The number of morpholine rings is 1. The number of unbranched alkanes of at least 4 members (excludes halogenated alkanes) is 4. The molecule has 2 bridgehead atoms. The van der Waals surface area contributed by atoms with E-state index >= 15 is 0 Å². The second-order valence-corrected chi connectivity index (χ2v) is 20.6. The smallest absolute Gasteiger partial charge is 0.349 e. The summed E-state index contributed by atoms with van der Waals surface area (Å²) in [6.45, 7) is 2.77. The van der Waals surface area contributed by atoms with Crippen LogP contribution in [0.2, 0.25) is 0 Å². The molecule has 0 radical (unpaired) electrons. The first-order valence-electron chi connectivity index (χ1n) is 24.2. The number of quaternary nitrogens is 1. The molecule has 2 unspecified atom stereocenters. The molecule has 7 N–H and O–H groups in total. The Morgan fingerprint density at radius 3 is 2.07 bits per heavy atom. The highest BCUT2D eigenvalue weighted by molar-refractivity contribution is 7.12. The number of aryl methyl sites for hydroxylation is 1. The average molecular weight is 1080 g/mol. The first-order chi connectivity index (χ1) is 33.8. The molecule has 9 rings (SSSR count). The summed E-state index contributed by atoms with van der Waals surface area (Å²) in [6.07, 6.45) is 9.29. The van der Waals surface area contributed by atoms with Crippen molar-refractivity contribution in [2.24, 2.45) is 0 Å². The lowest BCUT2D eigenvalue weighted by Crippen LogP contribution is -3.00. The van der Waals surface area contributed by atoms with Gasteiger partial charge in [0, 0.05) is 43.5 Å². The molecule has 0 spiro atoms. The molecule has 3 aliphatic rings. The maximum atomic E-state index is 13.1. The summed E-state index contributed by atoms with van der Waals surface area (Å²) < 4.78 is 18.4. The number of carboxylic acid groups (broad SMARTS) is 1. The molecular weight excluding hydrogens is 1010 g/mol. The molecule has 6 aromatic rings. The number of benzene rings is 4. The highest BCUT2D eigenvalue weighted by Crippen LogP contribution is 2.52. The lowest BCUT2D eigenvalue weighted by Gasteiger charge is -2.45. The Hall–Kier alpha value is -4.72. The minimum atomic E-state index is -1.72. The number of ether oxygens (including phenoxy) is 3. The number of hydrogen-bond acceptors (Lipinski definition) is 13. The van der Waals surface area contributed by atoms with Crippen LogP contribution in [0.3, 0.4) is 0 Å². The Kier molecular flexibility index (Phi) is 20.6. The molecule has 4 aromatic carbocycles. The number of carbonyl (C=O) groups is 2. The number of aromatic hydroxyl groups is 2. The molecule has 3 saturated heterocycles. The van der Waals surface area contributed by atoms with E-state index in [4.69, 9.17) is 19.3 Å². The van der Waals surface area contributed by atoms with Gasteiger partial charge in [-0.15, -0.1) is 22.7 Å². The van der Waals surface area contributed by atoms with Crippen molar-refractivity contribution in [3.05, 3.63) is 152 Å². The van der Waals surface area contributed by atoms with Crippen molar-refractivity contribution in [1.29, 1.82) is 0 Å². The second-order valence-electron chi connectivity index (χ2n) is 18.7. The largest absolute Gasteiger partial charge is 1.00 e. The van der Waals surface area contributed by atoms with Crippen LogP contribution in [0, 0.1) is 0 Å². The summed E-state index contributed by atoms with van der Waals surface area (Å²) in [5, 5.41) is 67.1. The zero-order valence-electron chi connectivity index (χ0n) is 40.3. The Balaban J connectivity index is 0.000000183. The zero-order valence-corrected chi connectivity index (χ0v) is 43.5. The summed E-state index contributed by atoms with van der Waals surface area (Å²) in [7, 11) is 4.49. The number of carboxylic acids is 1. The van der Waals surface area contributed by atoms with Gasteiger partial charge in [0.15, 0.2) is 0 Å². The molecule has 0 amide bonds. The van der Waals surface area contributed by atoms with Crippen molar-refractivity contribution in [3.8, 4) is 11.5 Å². The standard InChI is InChI=1S/C25H37NO4.C19H22NO4S2.C11H8O3.BrH/c27-20-23-18-22(13-14-24(23)28)25(29)19-26-15-7-1-2-8-16-30-17-9-6-12-21-10-4-3-5-11-21;1-20(2)12-9-11(10-13(20)17-16(12)24-17)23-18(21)19(22,14-5-3-7-25-14)15-6-4-8-26-15;12-10-8-4-2-1-3-7(8)5-6-9(10)11(13)14;/h3-5,10-11,13-14,18,25-29H,1-2,6-9,12,15-17,19-20H2;3-8,11-13,16-17,22H,9-10H2,1-2H3;1-6,12H,(H,13,14);1H/q;+1;;/p-1/t;11?,12-,13+,16-,17+;;. The maximum absolute atomic E-state index is 13.1. The topological polar surface area (TPSA) is 199 Å². The minimum Gasteiger partial charge on any atom is -1.00 e. The number of aromatic carboxylic acids is 1. The first-order valence-corrected chi connectivity index (χ1v) is 26.0. The van der Waals surface area contributed by atoms with E-state index in [9.17, 15) is 35.1 Å². The number of epoxide rings is 1. The number of halogens is 1. The molecule has 5 heterocycles. The molecule has 3 aliphatic heterocycles. The third-order valence-corrected chi connectivity index (χ3v) is 15.7. The third-order valence-electron chi connectivity index (χ3n) is 13.7. The number of rotatable bonds is 21. The van der Waals surface area contributed by atoms with E-state index in [-0.39, 0.29) is 46.8 Å². The average Bonchev–Trinajstić information content (AvgIpc) is 3.62. The predicted molar refractivity (Wildman–Crippen MR) is 272 cm³/mol. The van der Waals surface area contributed by atoms with Crippen LogP contribution in [-0.4, -0.2) is 118 Å². The number of fused-ring (bicyclic) bond motifs is 6. The van der Waals surface area contributed by atoms with E-state index in [1.54, 1.807) is 42.5 Å². The number of aliphatic hydroxyl groups excluding tert-OH is 2. The van der Waals surface area contributed by atoms with Gasteiger partial charge in [-0.1, -0.05) is 91.7 Å². The van der Waals surface area contributed by atoms with Crippen molar-refractivity contribution >= 4 is 45.4 Å². The van der Waals surface area contributed by atoms with Crippen molar-refractivity contribution in [3.63, 3.8) is 0 Å². The van der Waals surface area contributed by atoms with Gasteiger partial charge in [-0.25, -0.2) is 9.59 Å². The highest BCUT2D eigenvalue weighted by atomic mass is 79.9. The molecule has 382 valence electrons. The van der Waals surface area contributed by atoms with Crippen LogP contribution in [0.25, 0.3) is 10.8 Å². The predicted octanol–water partition coefficient (Wildman–Crippen LogP) is 5.70. The van der Waals surface area contributed by atoms with E-state index in [1.165, 1.54) is 46.8 Å². The van der Waals surface area contributed by atoms with Gasteiger partial charge in [0.2, 0.25) is 5.60 Å². The van der Waals surface area contributed by atoms with E-state index in [2.05, 4.69) is 49.7 Å². The van der Waals surface area contributed by atoms with Gasteiger partial charge in [-0.3, -0.25) is 0 Å². The summed E-state index contributed by atoms with van der Waals surface area (Å²) in [6, 6.07) is 33.6.